The molecule has 0 aliphatic carbocycles. The molecule has 6 heteroatoms. The summed E-state index contributed by atoms with van der Waals surface area (Å²) in [6.07, 6.45) is 0.830. The van der Waals surface area contributed by atoms with Gasteiger partial charge < -0.3 is 20.7 Å². The largest absolute Gasteiger partial charge is 0.495 e. The van der Waals surface area contributed by atoms with E-state index in [4.69, 9.17) is 22.1 Å². The topological polar surface area (TPSA) is 67.6 Å². The van der Waals surface area contributed by atoms with E-state index in [0.717, 1.165) is 12.1 Å². The molecule has 3 rings (SSSR count). The van der Waals surface area contributed by atoms with Gasteiger partial charge in [0.25, 0.3) is 0 Å². The molecule has 0 saturated carbocycles. The van der Waals surface area contributed by atoms with Crippen molar-refractivity contribution >= 4 is 28.9 Å². The Balaban J connectivity index is 1.75. The van der Waals surface area contributed by atoms with Crippen molar-refractivity contribution in [3.63, 3.8) is 0 Å². The zero-order valence-corrected chi connectivity index (χ0v) is 14.2. The molecule has 0 saturated heterocycles. The van der Waals surface area contributed by atoms with E-state index in [0.29, 0.717) is 23.0 Å². The fourth-order valence-electron chi connectivity index (χ4n) is 3.01. The molecule has 1 amide bonds. The van der Waals surface area contributed by atoms with E-state index in [1.165, 1.54) is 5.56 Å². The van der Waals surface area contributed by atoms with Crippen LogP contribution in [0.2, 0.25) is 5.02 Å². The summed E-state index contributed by atoms with van der Waals surface area (Å²) in [7, 11) is 1.55. The molecule has 0 bridgehead atoms. The molecule has 0 radical (unpaired) electrons. The smallest absolute Gasteiger partial charge is 0.243 e. The molecule has 0 fully saturated rings. The van der Waals surface area contributed by atoms with Crippen molar-refractivity contribution in [3.8, 4) is 5.75 Å². The second kappa shape index (κ2) is 7.11. The van der Waals surface area contributed by atoms with Gasteiger partial charge in [0.2, 0.25) is 5.91 Å². The number of fused-ring (bicyclic) bond motifs is 1. The van der Waals surface area contributed by atoms with Crippen LogP contribution in [-0.2, 0) is 11.2 Å². The number of benzene rings is 2. The molecule has 1 atom stereocenters. The number of ether oxygens (including phenoxy) is 1. The Kier molecular flexibility index (Phi) is 4.92. The fourth-order valence-corrected chi connectivity index (χ4v) is 3.18. The van der Waals surface area contributed by atoms with Gasteiger partial charge in [0, 0.05) is 23.3 Å². The molecule has 1 heterocycles. The predicted octanol–water partition coefficient (Wildman–Crippen LogP) is 2.68. The van der Waals surface area contributed by atoms with Crippen LogP contribution in [0, 0.1) is 0 Å². The van der Waals surface area contributed by atoms with E-state index < -0.39 is 0 Å². The summed E-state index contributed by atoms with van der Waals surface area (Å²) < 4.78 is 5.26. The first-order valence-corrected chi connectivity index (χ1v) is 8.16. The molecule has 0 aromatic heterocycles. The van der Waals surface area contributed by atoms with Crippen LogP contribution in [0.5, 0.6) is 5.75 Å². The Morgan fingerprint density at radius 2 is 2.17 bits per heavy atom. The van der Waals surface area contributed by atoms with Crippen molar-refractivity contribution in [3.05, 3.63) is 53.1 Å². The van der Waals surface area contributed by atoms with Gasteiger partial charge in [0.15, 0.2) is 0 Å². The Morgan fingerprint density at radius 3 is 2.96 bits per heavy atom. The van der Waals surface area contributed by atoms with Gasteiger partial charge in [-0.25, -0.2) is 0 Å². The standard InChI is InChI=1S/C18H20ClN3O2/c1-24-17-7-6-13(19)9-15(17)21-18(23)11-22-10-14(20)8-12-4-2-3-5-16(12)22/h2-7,9,14H,8,10-11,20H2,1H3,(H,21,23). The van der Waals surface area contributed by atoms with Crippen molar-refractivity contribution in [2.24, 2.45) is 5.73 Å². The summed E-state index contributed by atoms with van der Waals surface area (Å²) in [5.41, 5.74) is 8.92. The number of carbonyl (C=O) groups is 1. The van der Waals surface area contributed by atoms with Crippen LogP contribution in [0.1, 0.15) is 5.56 Å². The van der Waals surface area contributed by atoms with E-state index in [1.54, 1.807) is 25.3 Å². The van der Waals surface area contributed by atoms with Gasteiger partial charge in [0.1, 0.15) is 5.75 Å². The molecule has 2 aromatic carbocycles. The molecular formula is C18H20ClN3O2. The van der Waals surface area contributed by atoms with Crippen molar-refractivity contribution in [2.45, 2.75) is 12.5 Å². The SMILES string of the molecule is COc1ccc(Cl)cc1NC(=O)CN1CC(N)Cc2ccccc21. The van der Waals surface area contributed by atoms with Crippen molar-refractivity contribution in [1.82, 2.24) is 0 Å². The zero-order valence-electron chi connectivity index (χ0n) is 13.5. The number of nitrogens with two attached hydrogens (primary N) is 1. The third-order valence-electron chi connectivity index (χ3n) is 4.04. The molecule has 1 unspecified atom stereocenters. The molecule has 5 nitrogen and oxygen atoms in total. The monoisotopic (exact) mass is 345 g/mol. The van der Waals surface area contributed by atoms with Crippen LogP contribution in [0.25, 0.3) is 0 Å². The number of hydrogen-bond acceptors (Lipinski definition) is 4. The Hall–Kier alpha value is -2.24. The van der Waals surface area contributed by atoms with Crippen LogP contribution < -0.4 is 20.7 Å². The minimum Gasteiger partial charge on any atom is -0.495 e. The lowest BCUT2D eigenvalue weighted by atomic mass is 9.98. The lowest BCUT2D eigenvalue weighted by Crippen LogP contribution is -2.46. The van der Waals surface area contributed by atoms with Crippen LogP contribution in [0.4, 0.5) is 11.4 Å². The lowest BCUT2D eigenvalue weighted by Gasteiger charge is -2.34. The molecule has 1 aliphatic heterocycles. The molecule has 126 valence electrons. The van der Waals surface area contributed by atoms with E-state index >= 15 is 0 Å². The van der Waals surface area contributed by atoms with Crippen LogP contribution >= 0.6 is 11.6 Å². The van der Waals surface area contributed by atoms with Gasteiger partial charge in [-0.1, -0.05) is 29.8 Å². The number of hydrogen-bond donors (Lipinski definition) is 2. The number of para-hydroxylation sites is 1. The molecule has 2 aromatic rings. The third-order valence-corrected chi connectivity index (χ3v) is 4.27. The first-order valence-electron chi connectivity index (χ1n) is 7.78. The van der Waals surface area contributed by atoms with Crippen LogP contribution in [0.3, 0.4) is 0 Å². The highest BCUT2D eigenvalue weighted by atomic mass is 35.5. The average molecular weight is 346 g/mol. The number of anilines is 2. The number of nitrogens with one attached hydrogen (secondary N) is 1. The highest BCUT2D eigenvalue weighted by Crippen LogP contribution is 2.29. The van der Waals surface area contributed by atoms with E-state index in [9.17, 15) is 4.79 Å². The summed E-state index contributed by atoms with van der Waals surface area (Å²) in [5, 5.41) is 3.40. The zero-order chi connectivity index (χ0) is 17.1. The first-order chi connectivity index (χ1) is 11.6. The maximum absolute atomic E-state index is 12.5. The number of methoxy groups -OCH3 is 1. The quantitative estimate of drug-likeness (QED) is 0.894. The molecule has 1 aliphatic rings. The number of nitrogens with zero attached hydrogens (tertiary/aromatic N) is 1. The molecular weight excluding hydrogens is 326 g/mol. The Morgan fingerprint density at radius 1 is 1.38 bits per heavy atom. The van der Waals surface area contributed by atoms with Crippen LogP contribution in [0.15, 0.2) is 42.5 Å². The van der Waals surface area contributed by atoms with Crippen molar-refractivity contribution in [2.75, 3.05) is 30.4 Å². The summed E-state index contributed by atoms with van der Waals surface area (Å²) in [6.45, 7) is 0.873. The Bertz CT molecular complexity index is 751. The fraction of sp³-hybridized carbons (Fsp3) is 0.278. The second-order valence-corrected chi connectivity index (χ2v) is 6.30. The molecule has 24 heavy (non-hydrogen) atoms. The summed E-state index contributed by atoms with van der Waals surface area (Å²) >= 11 is 6.00. The van der Waals surface area contributed by atoms with Gasteiger partial charge in [-0.3, -0.25) is 4.79 Å². The second-order valence-electron chi connectivity index (χ2n) is 5.87. The number of carbonyl (C=O) groups excluding carboxylic acids is 1. The van der Waals surface area contributed by atoms with E-state index in [-0.39, 0.29) is 18.5 Å². The maximum Gasteiger partial charge on any atom is 0.243 e. The van der Waals surface area contributed by atoms with Gasteiger partial charge >= 0.3 is 0 Å². The molecule has 0 spiro atoms. The lowest BCUT2D eigenvalue weighted by molar-refractivity contribution is -0.115. The predicted molar refractivity (Wildman–Crippen MR) is 97.0 cm³/mol. The number of halogens is 1. The van der Waals surface area contributed by atoms with Crippen LogP contribution in [-0.4, -0.2) is 32.1 Å². The van der Waals surface area contributed by atoms with Gasteiger partial charge in [-0.05, 0) is 36.2 Å². The van der Waals surface area contributed by atoms with E-state index in [1.807, 2.05) is 23.1 Å². The average Bonchev–Trinajstić information content (AvgIpc) is 2.55. The van der Waals surface area contributed by atoms with E-state index in [2.05, 4.69) is 11.4 Å². The number of amides is 1. The third kappa shape index (κ3) is 3.63. The van der Waals surface area contributed by atoms with Gasteiger partial charge in [-0.15, -0.1) is 0 Å². The van der Waals surface area contributed by atoms with Gasteiger partial charge in [-0.2, -0.15) is 0 Å². The minimum absolute atomic E-state index is 0.0217. The summed E-state index contributed by atoms with van der Waals surface area (Å²) in [6, 6.07) is 13.2. The summed E-state index contributed by atoms with van der Waals surface area (Å²) in [5.74, 6) is 0.433. The molecule has 3 N–H and O–H groups in total. The highest BCUT2D eigenvalue weighted by Gasteiger charge is 2.23. The minimum atomic E-state index is -0.139. The normalized spacial score (nSPS) is 16.5. The number of rotatable bonds is 4. The van der Waals surface area contributed by atoms with Gasteiger partial charge in [0.05, 0.1) is 19.3 Å². The summed E-state index contributed by atoms with van der Waals surface area (Å²) in [4.78, 5) is 14.5. The highest BCUT2D eigenvalue weighted by molar-refractivity contribution is 6.31. The van der Waals surface area contributed by atoms with Crippen molar-refractivity contribution < 1.29 is 9.53 Å². The van der Waals surface area contributed by atoms with Crippen molar-refractivity contribution in [1.29, 1.82) is 0 Å². The maximum atomic E-state index is 12.5. The first kappa shape index (κ1) is 16.6. The Labute approximate surface area is 146 Å².